The maximum Gasteiger partial charge on any atom is 0.268 e. The van der Waals surface area contributed by atoms with Crippen molar-refractivity contribution in [2.75, 3.05) is 7.11 Å². The van der Waals surface area contributed by atoms with Crippen LogP contribution in [0.2, 0.25) is 0 Å². The fourth-order valence-electron chi connectivity index (χ4n) is 4.67. The van der Waals surface area contributed by atoms with Crippen LogP contribution < -0.4 is 20.7 Å². The van der Waals surface area contributed by atoms with Gasteiger partial charge in [-0.3, -0.25) is 14.4 Å². The second-order valence-corrected chi connectivity index (χ2v) is 10.3. The number of carbonyl (C=O) groups excluding carboxylic acids is 3. The zero-order chi connectivity index (χ0) is 25.2. The van der Waals surface area contributed by atoms with Crippen LogP contribution in [-0.2, 0) is 9.59 Å². The number of methoxy groups -OCH3 is 1. The molecule has 2 aromatic rings. The molecule has 1 saturated carbocycles. The van der Waals surface area contributed by atoms with Gasteiger partial charge in [-0.2, -0.15) is 5.26 Å². The van der Waals surface area contributed by atoms with Gasteiger partial charge < -0.3 is 25.7 Å². The molecule has 2 aliphatic rings. The quantitative estimate of drug-likeness (QED) is 0.438. The SMILES string of the molecule is COc1cccc2[nH]c(C(=O)N[C@@H](CC3CC3)C(=O)NC(C#N)CC3CCC(C)(C)NC3=O)cc12. The molecule has 3 atom stereocenters. The Morgan fingerprint density at radius 1 is 1.23 bits per heavy atom. The fourth-order valence-corrected chi connectivity index (χ4v) is 4.67. The minimum Gasteiger partial charge on any atom is -0.496 e. The Bertz CT molecular complexity index is 1160. The lowest BCUT2D eigenvalue weighted by molar-refractivity contribution is -0.130. The number of aromatic amines is 1. The van der Waals surface area contributed by atoms with Crippen LogP contribution in [-0.4, -0.2) is 47.4 Å². The van der Waals surface area contributed by atoms with Crippen molar-refractivity contribution in [3.63, 3.8) is 0 Å². The molecule has 1 aliphatic carbocycles. The van der Waals surface area contributed by atoms with Crippen molar-refractivity contribution in [2.24, 2.45) is 11.8 Å². The van der Waals surface area contributed by atoms with Gasteiger partial charge in [-0.15, -0.1) is 0 Å². The fraction of sp³-hybridized carbons (Fsp3) is 0.538. The topological polar surface area (TPSA) is 136 Å². The van der Waals surface area contributed by atoms with E-state index >= 15 is 0 Å². The molecular weight excluding hydrogens is 446 g/mol. The summed E-state index contributed by atoms with van der Waals surface area (Å²) in [5, 5.41) is 19.0. The number of nitriles is 1. The summed E-state index contributed by atoms with van der Waals surface area (Å²) in [6, 6.07) is 7.74. The van der Waals surface area contributed by atoms with Crippen molar-refractivity contribution in [2.45, 2.75) is 70.0 Å². The predicted molar refractivity (Wildman–Crippen MR) is 131 cm³/mol. The second kappa shape index (κ2) is 9.98. The summed E-state index contributed by atoms with van der Waals surface area (Å²) in [7, 11) is 1.57. The summed E-state index contributed by atoms with van der Waals surface area (Å²) in [6.07, 6.45) is 4.27. The highest BCUT2D eigenvalue weighted by molar-refractivity contribution is 6.01. The van der Waals surface area contributed by atoms with Gasteiger partial charge in [0, 0.05) is 22.4 Å². The molecule has 1 saturated heterocycles. The third-order valence-corrected chi connectivity index (χ3v) is 6.92. The molecule has 1 aromatic heterocycles. The molecule has 0 radical (unpaired) electrons. The molecule has 186 valence electrons. The van der Waals surface area contributed by atoms with Gasteiger partial charge in [-0.25, -0.2) is 0 Å². The van der Waals surface area contributed by atoms with Gasteiger partial charge in [0.25, 0.3) is 5.91 Å². The minimum atomic E-state index is -0.810. The maximum absolute atomic E-state index is 13.1. The van der Waals surface area contributed by atoms with E-state index in [9.17, 15) is 19.6 Å². The Morgan fingerprint density at radius 3 is 2.66 bits per heavy atom. The normalized spacial score (nSPS) is 20.9. The molecule has 1 aromatic carbocycles. The average Bonchev–Trinajstić information content (AvgIpc) is 3.52. The molecule has 2 fully saturated rings. The van der Waals surface area contributed by atoms with Crippen LogP contribution in [0.15, 0.2) is 24.3 Å². The molecule has 0 bridgehead atoms. The van der Waals surface area contributed by atoms with Gasteiger partial charge in [0.15, 0.2) is 0 Å². The standard InChI is InChI=1S/C26H33N5O4/c1-26(2)10-9-16(23(32)31-26)12-17(14-27)28-24(33)20(11-15-7-8-15)30-25(34)21-13-18-19(29-21)5-4-6-22(18)35-3/h4-6,13,15-17,20,29H,7-12H2,1-3H3,(H,28,33)(H,30,34)(H,31,32)/t16?,17?,20-/m0/s1. The Labute approximate surface area is 205 Å². The highest BCUT2D eigenvalue weighted by Gasteiger charge is 2.36. The number of benzene rings is 1. The zero-order valence-electron chi connectivity index (χ0n) is 20.4. The number of ether oxygens (including phenoxy) is 1. The second-order valence-electron chi connectivity index (χ2n) is 10.3. The van der Waals surface area contributed by atoms with Gasteiger partial charge in [0.2, 0.25) is 11.8 Å². The summed E-state index contributed by atoms with van der Waals surface area (Å²) >= 11 is 0. The van der Waals surface area contributed by atoms with Crippen molar-refractivity contribution in [3.05, 3.63) is 30.0 Å². The molecule has 9 nitrogen and oxygen atoms in total. The Hall–Kier alpha value is -3.54. The average molecular weight is 480 g/mol. The third kappa shape index (κ3) is 5.94. The minimum absolute atomic E-state index is 0.0900. The lowest BCUT2D eigenvalue weighted by Crippen LogP contribution is -2.53. The van der Waals surface area contributed by atoms with Gasteiger partial charge in [-0.1, -0.05) is 18.9 Å². The summed E-state index contributed by atoms with van der Waals surface area (Å²) in [5.41, 5.74) is 0.832. The summed E-state index contributed by atoms with van der Waals surface area (Å²) in [6.45, 7) is 3.94. The Balaban J connectivity index is 1.42. The zero-order valence-corrected chi connectivity index (χ0v) is 20.4. The first-order valence-electron chi connectivity index (χ1n) is 12.2. The number of H-pyrrole nitrogens is 1. The van der Waals surface area contributed by atoms with Gasteiger partial charge in [-0.05, 0) is 63.6 Å². The van der Waals surface area contributed by atoms with Crippen molar-refractivity contribution in [1.29, 1.82) is 5.26 Å². The van der Waals surface area contributed by atoms with E-state index in [0.29, 0.717) is 30.2 Å². The Kier molecular flexibility index (Phi) is 7.01. The van der Waals surface area contributed by atoms with Crippen molar-refractivity contribution in [1.82, 2.24) is 20.9 Å². The first kappa shape index (κ1) is 24.6. The van der Waals surface area contributed by atoms with Crippen LogP contribution >= 0.6 is 0 Å². The number of aromatic nitrogens is 1. The third-order valence-electron chi connectivity index (χ3n) is 6.92. The summed E-state index contributed by atoms with van der Waals surface area (Å²) in [5.74, 6) is -0.190. The molecule has 0 spiro atoms. The number of carbonyl (C=O) groups is 3. The summed E-state index contributed by atoms with van der Waals surface area (Å²) in [4.78, 5) is 41.7. The number of nitrogens with zero attached hydrogens (tertiary/aromatic N) is 1. The number of rotatable bonds is 9. The number of piperidine rings is 1. The predicted octanol–water partition coefficient (Wildman–Crippen LogP) is 2.78. The molecule has 35 heavy (non-hydrogen) atoms. The molecule has 2 heterocycles. The van der Waals surface area contributed by atoms with Crippen LogP contribution in [0.3, 0.4) is 0 Å². The van der Waals surface area contributed by atoms with Crippen molar-refractivity contribution in [3.8, 4) is 11.8 Å². The monoisotopic (exact) mass is 479 g/mol. The largest absolute Gasteiger partial charge is 0.496 e. The van der Waals surface area contributed by atoms with E-state index in [4.69, 9.17) is 4.74 Å². The van der Waals surface area contributed by atoms with Gasteiger partial charge in [0.1, 0.15) is 23.5 Å². The maximum atomic E-state index is 13.1. The van der Waals surface area contributed by atoms with Crippen molar-refractivity contribution < 1.29 is 19.1 Å². The van der Waals surface area contributed by atoms with Crippen LogP contribution in [0, 0.1) is 23.2 Å². The molecule has 4 rings (SSSR count). The Morgan fingerprint density at radius 2 is 2.00 bits per heavy atom. The number of nitrogens with one attached hydrogen (secondary N) is 4. The smallest absolute Gasteiger partial charge is 0.268 e. The van der Waals surface area contributed by atoms with E-state index in [2.05, 4.69) is 27.0 Å². The van der Waals surface area contributed by atoms with Gasteiger partial charge >= 0.3 is 0 Å². The molecule has 3 amide bonds. The van der Waals surface area contributed by atoms with Crippen LogP contribution in [0.25, 0.3) is 10.9 Å². The first-order valence-corrected chi connectivity index (χ1v) is 12.2. The molecule has 9 heteroatoms. The van der Waals surface area contributed by atoms with E-state index in [1.165, 1.54) is 0 Å². The van der Waals surface area contributed by atoms with Crippen LogP contribution in [0.5, 0.6) is 5.75 Å². The lowest BCUT2D eigenvalue weighted by atomic mass is 9.83. The van der Waals surface area contributed by atoms with E-state index in [1.807, 2.05) is 32.0 Å². The molecular formula is C26H33N5O4. The highest BCUT2D eigenvalue weighted by atomic mass is 16.5. The van der Waals surface area contributed by atoms with Crippen molar-refractivity contribution >= 4 is 28.6 Å². The van der Waals surface area contributed by atoms with Crippen LogP contribution in [0.1, 0.15) is 62.9 Å². The van der Waals surface area contributed by atoms with Gasteiger partial charge in [0.05, 0.1) is 13.2 Å². The summed E-state index contributed by atoms with van der Waals surface area (Å²) < 4.78 is 5.36. The number of amides is 3. The molecule has 2 unspecified atom stereocenters. The number of hydrogen-bond acceptors (Lipinski definition) is 5. The van der Waals surface area contributed by atoms with E-state index in [1.54, 1.807) is 13.2 Å². The highest BCUT2D eigenvalue weighted by Crippen LogP contribution is 2.34. The number of hydrogen-bond donors (Lipinski definition) is 4. The molecule has 1 aliphatic heterocycles. The number of fused-ring (bicyclic) bond motifs is 1. The molecule has 4 N–H and O–H groups in total. The van der Waals surface area contributed by atoms with E-state index in [0.717, 1.165) is 30.2 Å². The lowest BCUT2D eigenvalue weighted by Gasteiger charge is -2.35. The van der Waals surface area contributed by atoms with Crippen LogP contribution in [0.4, 0.5) is 0 Å². The van der Waals surface area contributed by atoms with E-state index in [-0.39, 0.29) is 23.8 Å². The first-order chi connectivity index (χ1) is 16.7. The van der Waals surface area contributed by atoms with E-state index < -0.39 is 23.9 Å².